The Hall–Kier alpha value is -1.03. The van der Waals surface area contributed by atoms with Gasteiger partial charge in [0.2, 0.25) is 0 Å². The van der Waals surface area contributed by atoms with Gasteiger partial charge in [0.05, 0.1) is 0 Å². The Morgan fingerprint density at radius 1 is 1.38 bits per heavy atom. The van der Waals surface area contributed by atoms with E-state index in [4.69, 9.17) is 4.74 Å². The highest BCUT2D eigenvalue weighted by Gasteiger charge is 2.62. The van der Waals surface area contributed by atoms with E-state index in [1.54, 1.807) is 0 Å². The first-order chi connectivity index (χ1) is 9.84. The van der Waals surface area contributed by atoms with Gasteiger partial charge >= 0.3 is 6.09 Å². The number of benzene rings is 1. The minimum Gasteiger partial charge on any atom is -0.444 e. The van der Waals surface area contributed by atoms with Gasteiger partial charge < -0.3 is 9.64 Å². The molecule has 2 atom stereocenters. The molecule has 2 aliphatic rings. The van der Waals surface area contributed by atoms with E-state index in [0.717, 1.165) is 18.4 Å². The van der Waals surface area contributed by atoms with Gasteiger partial charge in [0.15, 0.2) is 0 Å². The van der Waals surface area contributed by atoms with E-state index in [1.807, 2.05) is 25.7 Å². The fourth-order valence-corrected chi connectivity index (χ4v) is 3.69. The summed E-state index contributed by atoms with van der Waals surface area (Å²) in [5.74, 6) is 0.597. The minimum atomic E-state index is -0.422. The van der Waals surface area contributed by atoms with Gasteiger partial charge in [0.1, 0.15) is 5.60 Å². The summed E-state index contributed by atoms with van der Waals surface area (Å²) in [7, 11) is 0. The average Bonchev–Trinajstić information content (AvgIpc) is 2.99. The second-order valence-electron chi connectivity index (χ2n) is 7.25. The average molecular weight is 352 g/mol. The van der Waals surface area contributed by atoms with Crippen molar-refractivity contribution in [2.75, 3.05) is 13.1 Å². The lowest BCUT2D eigenvalue weighted by atomic mass is 9.94. The Labute approximate surface area is 134 Å². The monoisotopic (exact) mass is 351 g/mol. The maximum Gasteiger partial charge on any atom is 0.410 e. The lowest BCUT2D eigenvalue weighted by molar-refractivity contribution is 0.0270. The molecular formula is C17H22BrNO2. The molecule has 0 bridgehead atoms. The number of amides is 1. The zero-order chi connectivity index (χ0) is 15.3. The molecule has 1 saturated heterocycles. The van der Waals surface area contributed by atoms with Gasteiger partial charge in [-0.15, -0.1) is 0 Å². The number of ether oxygens (including phenoxy) is 1. The molecule has 1 saturated carbocycles. The molecule has 3 rings (SSSR count). The fourth-order valence-electron chi connectivity index (χ4n) is 3.32. The van der Waals surface area contributed by atoms with E-state index < -0.39 is 5.60 Å². The summed E-state index contributed by atoms with van der Waals surface area (Å²) in [6.07, 6.45) is 1.02. The zero-order valence-corrected chi connectivity index (χ0v) is 14.4. The Bertz CT molecular complexity index is 549. The molecule has 1 aliphatic heterocycles. The smallest absolute Gasteiger partial charge is 0.410 e. The quantitative estimate of drug-likeness (QED) is 0.751. The number of carbonyl (C=O) groups is 1. The van der Waals surface area contributed by atoms with Crippen molar-refractivity contribution >= 4 is 22.0 Å². The largest absolute Gasteiger partial charge is 0.444 e. The molecular weight excluding hydrogens is 330 g/mol. The van der Waals surface area contributed by atoms with Gasteiger partial charge in [-0.2, -0.15) is 0 Å². The molecule has 2 unspecified atom stereocenters. The van der Waals surface area contributed by atoms with Crippen LogP contribution in [0.25, 0.3) is 0 Å². The number of likely N-dealkylation sites (tertiary alicyclic amines) is 1. The molecule has 0 aromatic heterocycles. The highest BCUT2D eigenvalue weighted by molar-refractivity contribution is 9.08. The summed E-state index contributed by atoms with van der Waals surface area (Å²) in [6, 6.07) is 8.78. The van der Waals surface area contributed by atoms with Gasteiger partial charge in [-0.05, 0) is 44.2 Å². The van der Waals surface area contributed by atoms with Crippen LogP contribution in [0.15, 0.2) is 24.3 Å². The van der Waals surface area contributed by atoms with Crippen LogP contribution < -0.4 is 0 Å². The predicted molar refractivity (Wildman–Crippen MR) is 86.7 cm³/mol. The van der Waals surface area contributed by atoms with Crippen molar-refractivity contribution in [2.24, 2.45) is 5.92 Å². The molecule has 21 heavy (non-hydrogen) atoms. The predicted octanol–water partition coefficient (Wildman–Crippen LogP) is 4.09. The van der Waals surface area contributed by atoms with E-state index in [2.05, 4.69) is 40.2 Å². The van der Waals surface area contributed by atoms with Crippen LogP contribution in [-0.2, 0) is 15.5 Å². The first-order valence-corrected chi connectivity index (χ1v) is 8.59. The third-order valence-electron chi connectivity index (χ3n) is 4.48. The summed E-state index contributed by atoms with van der Waals surface area (Å²) < 4.78 is 5.49. The number of hydrogen-bond acceptors (Lipinski definition) is 2. The molecule has 1 heterocycles. The SMILES string of the molecule is CC(C)(C)OC(=O)N1CC2CC2(c2ccc(CBr)cc2)C1. The number of halogens is 1. The maximum absolute atomic E-state index is 12.2. The number of alkyl halides is 1. The molecule has 0 spiro atoms. The molecule has 1 amide bonds. The van der Waals surface area contributed by atoms with Crippen LogP contribution in [0.2, 0.25) is 0 Å². The number of hydrogen-bond donors (Lipinski definition) is 0. The van der Waals surface area contributed by atoms with E-state index in [9.17, 15) is 4.79 Å². The summed E-state index contributed by atoms with van der Waals surface area (Å²) in [5, 5.41) is 0.883. The van der Waals surface area contributed by atoms with Gasteiger partial charge in [-0.3, -0.25) is 0 Å². The first kappa shape index (κ1) is 14.9. The molecule has 2 fully saturated rings. The summed E-state index contributed by atoms with van der Waals surface area (Å²) in [6.45, 7) is 7.36. The van der Waals surface area contributed by atoms with Crippen LogP contribution in [0.3, 0.4) is 0 Å². The molecule has 1 aromatic carbocycles. The Kier molecular flexibility index (Phi) is 3.55. The number of carbonyl (C=O) groups excluding carboxylic acids is 1. The second-order valence-corrected chi connectivity index (χ2v) is 7.81. The highest BCUT2D eigenvalue weighted by Crippen LogP contribution is 2.59. The minimum absolute atomic E-state index is 0.175. The molecule has 1 aromatic rings. The molecule has 1 aliphatic carbocycles. The highest BCUT2D eigenvalue weighted by atomic mass is 79.9. The van der Waals surface area contributed by atoms with Gasteiger partial charge in [0, 0.05) is 23.8 Å². The summed E-state index contributed by atoms with van der Waals surface area (Å²) in [4.78, 5) is 14.1. The van der Waals surface area contributed by atoms with Crippen LogP contribution in [0.4, 0.5) is 4.79 Å². The summed E-state index contributed by atoms with van der Waals surface area (Å²) >= 11 is 3.48. The number of piperidine rings is 1. The van der Waals surface area contributed by atoms with E-state index >= 15 is 0 Å². The van der Waals surface area contributed by atoms with E-state index in [0.29, 0.717) is 5.92 Å². The van der Waals surface area contributed by atoms with Crippen molar-refractivity contribution in [1.29, 1.82) is 0 Å². The van der Waals surface area contributed by atoms with Crippen molar-refractivity contribution in [3.63, 3.8) is 0 Å². The first-order valence-electron chi connectivity index (χ1n) is 7.47. The zero-order valence-electron chi connectivity index (χ0n) is 12.9. The molecule has 0 N–H and O–H groups in total. The van der Waals surface area contributed by atoms with Crippen molar-refractivity contribution in [3.8, 4) is 0 Å². The van der Waals surface area contributed by atoms with Crippen LogP contribution >= 0.6 is 15.9 Å². The van der Waals surface area contributed by atoms with Crippen molar-refractivity contribution in [1.82, 2.24) is 4.90 Å². The second kappa shape index (κ2) is 5.01. The van der Waals surface area contributed by atoms with Crippen molar-refractivity contribution in [3.05, 3.63) is 35.4 Å². The number of fused-ring (bicyclic) bond motifs is 1. The number of nitrogens with zero attached hydrogens (tertiary/aromatic N) is 1. The van der Waals surface area contributed by atoms with E-state index in [1.165, 1.54) is 17.5 Å². The third-order valence-corrected chi connectivity index (χ3v) is 5.13. The lowest BCUT2D eigenvalue weighted by Crippen LogP contribution is -2.37. The van der Waals surface area contributed by atoms with Gasteiger partial charge in [0.25, 0.3) is 0 Å². The Morgan fingerprint density at radius 2 is 2.05 bits per heavy atom. The fraction of sp³-hybridized carbons (Fsp3) is 0.588. The molecule has 114 valence electrons. The molecule has 3 nitrogen and oxygen atoms in total. The van der Waals surface area contributed by atoms with Crippen LogP contribution in [0, 0.1) is 5.92 Å². The van der Waals surface area contributed by atoms with Crippen LogP contribution in [0.1, 0.15) is 38.3 Å². The van der Waals surface area contributed by atoms with Crippen molar-refractivity contribution in [2.45, 2.75) is 43.5 Å². The maximum atomic E-state index is 12.2. The molecule has 0 radical (unpaired) electrons. The lowest BCUT2D eigenvalue weighted by Gasteiger charge is -2.26. The third kappa shape index (κ3) is 2.83. The molecule has 4 heteroatoms. The number of rotatable bonds is 2. The van der Waals surface area contributed by atoms with Gasteiger partial charge in [-0.1, -0.05) is 40.2 Å². The van der Waals surface area contributed by atoms with Crippen LogP contribution in [-0.4, -0.2) is 29.7 Å². The Morgan fingerprint density at radius 3 is 2.62 bits per heavy atom. The summed E-state index contributed by atoms with van der Waals surface area (Å²) in [5.41, 5.74) is 2.41. The normalized spacial score (nSPS) is 27.4. The standard InChI is InChI=1S/C17H22BrNO2/c1-16(2,3)21-15(20)19-10-14-8-17(14,11-19)13-6-4-12(9-18)5-7-13/h4-7,14H,8-11H2,1-3H3. The van der Waals surface area contributed by atoms with Crippen LogP contribution in [0.5, 0.6) is 0 Å². The Balaban J connectivity index is 1.70. The topological polar surface area (TPSA) is 29.5 Å². The van der Waals surface area contributed by atoms with Gasteiger partial charge in [-0.25, -0.2) is 4.79 Å². The van der Waals surface area contributed by atoms with E-state index in [-0.39, 0.29) is 11.5 Å². The van der Waals surface area contributed by atoms with Crippen molar-refractivity contribution < 1.29 is 9.53 Å².